The lowest BCUT2D eigenvalue weighted by atomic mass is 10.2. The lowest BCUT2D eigenvalue weighted by Gasteiger charge is -2.05. The molecule has 0 aliphatic carbocycles. The number of hydrogen-bond donors (Lipinski definition) is 2. The van der Waals surface area contributed by atoms with Crippen molar-refractivity contribution in [2.24, 2.45) is 0 Å². The Balaban J connectivity index is 2.07. The zero-order valence-corrected chi connectivity index (χ0v) is 9.71. The molecule has 1 aromatic carbocycles. The van der Waals surface area contributed by atoms with Crippen LogP contribution in [0.25, 0.3) is 0 Å². The number of rotatable bonds is 3. The Morgan fingerprint density at radius 3 is 2.94 bits per heavy atom. The summed E-state index contributed by atoms with van der Waals surface area (Å²) in [5.74, 6) is -1.04. The summed E-state index contributed by atoms with van der Waals surface area (Å²) in [6, 6.07) is 5.83. The van der Waals surface area contributed by atoms with E-state index in [-0.39, 0.29) is 5.56 Å². The highest BCUT2D eigenvalue weighted by molar-refractivity contribution is 7.80. The van der Waals surface area contributed by atoms with Crippen molar-refractivity contribution in [2.75, 3.05) is 0 Å². The Hall–Kier alpha value is -1.75. The van der Waals surface area contributed by atoms with Gasteiger partial charge in [0.15, 0.2) is 0 Å². The number of thiol groups is 1. The maximum atomic E-state index is 13.4. The van der Waals surface area contributed by atoms with Crippen LogP contribution in [0.3, 0.4) is 0 Å². The van der Waals surface area contributed by atoms with E-state index in [1.54, 1.807) is 6.07 Å². The summed E-state index contributed by atoms with van der Waals surface area (Å²) in [6.45, 7) is 0.297. The largest absolute Gasteiger partial charge is 0.472 e. The summed E-state index contributed by atoms with van der Waals surface area (Å²) in [5, 5.41) is 2.60. The zero-order valence-electron chi connectivity index (χ0n) is 8.81. The summed E-state index contributed by atoms with van der Waals surface area (Å²) in [6.07, 6.45) is 3.03. The summed E-state index contributed by atoms with van der Waals surface area (Å²) < 4.78 is 18.2. The number of halogens is 1. The SMILES string of the molecule is O=C(NCc1ccoc1)c1cc(S)ccc1F. The maximum Gasteiger partial charge on any atom is 0.254 e. The van der Waals surface area contributed by atoms with Gasteiger partial charge in [0.1, 0.15) is 5.82 Å². The normalized spacial score (nSPS) is 10.2. The highest BCUT2D eigenvalue weighted by Gasteiger charge is 2.11. The second-order valence-electron chi connectivity index (χ2n) is 3.48. The highest BCUT2D eigenvalue weighted by atomic mass is 32.1. The molecule has 0 saturated heterocycles. The van der Waals surface area contributed by atoms with Gasteiger partial charge in [-0.1, -0.05) is 0 Å². The van der Waals surface area contributed by atoms with Gasteiger partial charge in [-0.2, -0.15) is 0 Å². The Labute approximate surface area is 103 Å². The van der Waals surface area contributed by atoms with E-state index in [9.17, 15) is 9.18 Å². The van der Waals surface area contributed by atoms with Crippen molar-refractivity contribution in [3.63, 3.8) is 0 Å². The quantitative estimate of drug-likeness (QED) is 0.823. The van der Waals surface area contributed by atoms with E-state index in [2.05, 4.69) is 17.9 Å². The van der Waals surface area contributed by atoms with Crippen molar-refractivity contribution < 1.29 is 13.6 Å². The van der Waals surface area contributed by atoms with Gasteiger partial charge in [0.25, 0.3) is 5.91 Å². The Morgan fingerprint density at radius 1 is 1.41 bits per heavy atom. The smallest absolute Gasteiger partial charge is 0.254 e. The van der Waals surface area contributed by atoms with Crippen LogP contribution in [0, 0.1) is 5.82 Å². The second kappa shape index (κ2) is 5.05. The first-order valence-electron chi connectivity index (χ1n) is 4.94. The molecule has 2 aromatic rings. The number of carbonyl (C=O) groups is 1. The van der Waals surface area contributed by atoms with Crippen molar-refractivity contribution >= 4 is 18.5 Å². The molecule has 0 radical (unpaired) electrons. The van der Waals surface area contributed by atoms with Crippen molar-refractivity contribution in [1.82, 2.24) is 5.32 Å². The lowest BCUT2D eigenvalue weighted by molar-refractivity contribution is 0.0946. The predicted octanol–water partition coefficient (Wildman–Crippen LogP) is 2.64. The maximum absolute atomic E-state index is 13.4. The average Bonchev–Trinajstić information content (AvgIpc) is 2.82. The number of hydrogen-bond acceptors (Lipinski definition) is 3. The number of amides is 1. The minimum absolute atomic E-state index is 0.0130. The second-order valence-corrected chi connectivity index (χ2v) is 3.99. The van der Waals surface area contributed by atoms with E-state index in [1.807, 2.05) is 0 Å². The van der Waals surface area contributed by atoms with Gasteiger partial charge in [-0.25, -0.2) is 4.39 Å². The third-order valence-corrected chi connectivity index (χ3v) is 2.51. The van der Waals surface area contributed by atoms with Crippen LogP contribution in [0.2, 0.25) is 0 Å². The van der Waals surface area contributed by atoms with Crippen molar-refractivity contribution in [3.05, 3.63) is 53.7 Å². The molecule has 0 unspecified atom stereocenters. The van der Waals surface area contributed by atoms with Crippen LogP contribution >= 0.6 is 12.6 Å². The molecule has 0 aliphatic heterocycles. The topological polar surface area (TPSA) is 42.2 Å². The number of nitrogens with one attached hydrogen (secondary N) is 1. The van der Waals surface area contributed by atoms with E-state index in [0.717, 1.165) is 5.56 Å². The molecule has 0 saturated carbocycles. The van der Waals surface area contributed by atoms with Gasteiger partial charge in [-0.15, -0.1) is 12.6 Å². The zero-order chi connectivity index (χ0) is 12.3. The number of carbonyl (C=O) groups excluding carboxylic acids is 1. The number of furan rings is 1. The van der Waals surface area contributed by atoms with Gasteiger partial charge < -0.3 is 9.73 Å². The summed E-state index contributed by atoms with van der Waals surface area (Å²) >= 11 is 4.06. The van der Waals surface area contributed by atoms with Gasteiger partial charge in [-0.3, -0.25) is 4.79 Å². The fraction of sp³-hybridized carbons (Fsp3) is 0.0833. The van der Waals surface area contributed by atoms with Crippen LogP contribution < -0.4 is 5.32 Å². The molecular weight excluding hydrogens is 241 g/mol. The molecule has 2 rings (SSSR count). The van der Waals surface area contributed by atoms with Crippen LogP contribution in [0.1, 0.15) is 15.9 Å². The monoisotopic (exact) mass is 251 g/mol. The fourth-order valence-corrected chi connectivity index (χ4v) is 1.56. The number of benzene rings is 1. The molecule has 0 bridgehead atoms. The molecule has 1 aromatic heterocycles. The van der Waals surface area contributed by atoms with Crippen LogP contribution in [0.4, 0.5) is 4.39 Å². The predicted molar refractivity (Wildman–Crippen MR) is 63.5 cm³/mol. The molecule has 0 atom stereocenters. The fourth-order valence-electron chi connectivity index (χ4n) is 1.36. The summed E-state index contributed by atoms with van der Waals surface area (Å²) in [5.41, 5.74) is 0.807. The van der Waals surface area contributed by atoms with Crippen molar-refractivity contribution in [3.8, 4) is 0 Å². The van der Waals surface area contributed by atoms with Gasteiger partial charge >= 0.3 is 0 Å². The first-order chi connectivity index (χ1) is 8.16. The van der Waals surface area contributed by atoms with Crippen molar-refractivity contribution in [2.45, 2.75) is 11.4 Å². The molecule has 3 nitrogen and oxygen atoms in total. The minimum Gasteiger partial charge on any atom is -0.472 e. The third-order valence-electron chi connectivity index (χ3n) is 2.23. The van der Waals surface area contributed by atoms with E-state index in [0.29, 0.717) is 11.4 Å². The Morgan fingerprint density at radius 2 is 2.24 bits per heavy atom. The summed E-state index contributed by atoms with van der Waals surface area (Å²) in [7, 11) is 0. The molecule has 17 heavy (non-hydrogen) atoms. The standard InChI is InChI=1S/C12H10FNO2S/c13-11-2-1-9(17)5-10(11)12(15)14-6-8-3-4-16-7-8/h1-5,7,17H,6H2,(H,14,15). The molecular formula is C12H10FNO2S. The first-order valence-corrected chi connectivity index (χ1v) is 5.39. The average molecular weight is 251 g/mol. The van der Waals surface area contributed by atoms with Gasteiger partial charge in [-0.05, 0) is 24.3 Å². The van der Waals surface area contributed by atoms with Crippen molar-refractivity contribution in [1.29, 1.82) is 0 Å². The Bertz CT molecular complexity index is 525. The van der Waals surface area contributed by atoms with Gasteiger partial charge in [0, 0.05) is 17.0 Å². The molecule has 0 aliphatic rings. The van der Waals surface area contributed by atoms with Gasteiger partial charge in [0.05, 0.1) is 18.1 Å². The summed E-state index contributed by atoms with van der Waals surface area (Å²) in [4.78, 5) is 12.2. The van der Waals surface area contributed by atoms with Crippen LogP contribution in [0.15, 0.2) is 46.1 Å². The van der Waals surface area contributed by atoms with E-state index < -0.39 is 11.7 Å². The Kier molecular flexibility index (Phi) is 3.49. The third kappa shape index (κ3) is 2.88. The van der Waals surface area contributed by atoms with E-state index in [4.69, 9.17) is 4.42 Å². The van der Waals surface area contributed by atoms with E-state index >= 15 is 0 Å². The minimum atomic E-state index is -0.563. The molecule has 1 heterocycles. The molecule has 5 heteroatoms. The molecule has 0 fully saturated rings. The highest BCUT2D eigenvalue weighted by Crippen LogP contribution is 2.13. The molecule has 1 N–H and O–H groups in total. The van der Waals surface area contributed by atoms with E-state index in [1.165, 1.54) is 30.7 Å². The molecule has 88 valence electrons. The lowest BCUT2D eigenvalue weighted by Crippen LogP contribution is -2.23. The van der Waals surface area contributed by atoms with Crippen LogP contribution in [-0.4, -0.2) is 5.91 Å². The van der Waals surface area contributed by atoms with Gasteiger partial charge in [0.2, 0.25) is 0 Å². The van der Waals surface area contributed by atoms with Crippen LogP contribution in [0.5, 0.6) is 0 Å². The molecule has 1 amide bonds. The first kappa shape index (κ1) is 11.7. The van der Waals surface area contributed by atoms with Crippen LogP contribution in [-0.2, 0) is 6.54 Å². The molecule has 0 spiro atoms.